The van der Waals surface area contributed by atoms with Crippen molar-refractivity contribution in [1.29, 1.82) is 0 Å². The number of nitrogens with zero attached hydrogens (tertiary/aromatic N) is 4. The first kappa shape index (κ1) is 29.6. The van der Waals surface area contributed by atoms with E-state index in [4.69, 9.17) is 14.0 Å². The minimum Gasteiger partial charge on any atom is -0.356 e. The smallest absolute Gasteiger partial charge is 0.248 e. The van der Waals surface area contributed by atoms with Crippen molar-refractivity contribution in [2.24, 2.45) is 11.3 Å². The lowest BCUT2D eigenvalue weighted by Crippen LogP contribution is -2.51. The summed E-state index contributed by atoms with van der Waals surface area (Å²) < 4.78 is 39.2. The summed E-state index contributed by atoms with van der Waals surface area (Å²) in [6, 6.07) is 10.0. The molecule has 8 rings (SSSR count). The third-order valence-corrected chi connectivity index (χ3v) is 11.0. The Balaban J connectivity index is 1.12. The first-order valence-corrected chi connectivity index (χ1v) is 16.5. The van der Waals surface area contributed by atoms with Gasteiger partial charge in [0.2, 0.25) is 17.7 Å². The highest BCUT2D eigenvalue weighted by atomic mass is 19.3. The number of hydrogen-bond acceptors (Lipinski definition) is 6. The molecule has 0 atom stereocenters. The minimum absolute atomic E-state index is 0.00498. The molecule has 9 heteroatoms. The maximum Gasteiger partial charge on any atom is 0.248 e. The third-order valence-electron chi connectivity index (χ3n) is 11.0. The van der Waals surface area contributed by atoms with Crippen LogP contribution in [0.1, 0.15) is 128 Å². The van der Waals surface area contributed by atoms with Crippen molar-refractivity contribution >= 4 is 11.6 Å². The highest BCUT2D eigenvalue weighted by molar-refractivity contribution is 5.94. The van der Waals surface area contributed by atoms with Gasteiger partial charge < -0.3 is 13.9 Å². The molecule has 0 N–H and O–H groups in total. The van der Waals surface area contributed by atoms with Gasteiger partial charge in [-0.2, -0.15) is 4.98 Å². The monoisotopic (exact) mass is 606 g/mol. The lowest BCUT2D eigenvalue weighted by Gasteiger charge is -2.53. The van der Waals surface area contributed by atoms with E-state index in [0.717, 1.165) is 74.1 Å². The summed E-state index contributed by atoms with van der Waals surface area (Å²) in [5.74, 6) is 0.128. The zero-order chi connectivity index (χ0) is 30.7. The van der Waals surface area contributed by atoms with Gasteiger partial charge in [0, 0.05) is 59.9 Å². The number of benzene rings is 1. The zero-order valence-electron chi connectivity index (χ0n) is 26.2. The van der Waals surface area contributed by atoms with Gasteiger partial charge in [0.15, 0.2) is 11.6 Å². The summed E-state index contributed by atoms with van der Waals surface area (Å²) in [6.45, 7) is 6.88. The predicted molar refractivity (Wildman–Crippen MR) is 163 cm³/mol. The van der Waals surface area contributed by atoms with Crippen molar-refractivity contribution in [1.82, 2.24) is 15.3 Å². The Bertz CT molecular complexity index is 1480. The maximum absolute atomic E-state index is 14.1. The standard InChI is InChI=1S/C35H44F2N4O3/c1-32(2,3)31-38-30(40-44-31)34-16-13-33(14-17-34,15-18-34)22-41(29(42)19-23-9-11-35(36,37)12-10-23)26-6-4-5-25(20-26)28-21-27(39-43-28)24-7-8-24/h4-6,20-21,23-24H,7-19,22H2,1-3H3. The van der Waals surface area contributed by atoms with Crippen LogP contribution >= 0.6 is 0 Å². The highest BCUT2D eigenvalue weighted by Gasteiger charge is 2.52. The van der Waals surface area contributed by atoms with E-state index in [1.807, 2.05) is 35.2 Å². The summed E-state index contributed by atoms with van der Waals surface area (Å²) in [5.41, 5.74) is 2.46. The Morgan fingerprint density at radius 2 is 1.64 bits per heavy atom. The highest BCUT2D eigenvalue weighted by Crippen LogP contribution is 2.58. The maximum atomic E-state index is 14.1. The van der Waals surface area contributed by atoms with Crippen LogP contribution in [-0.4, -0.2) is 33.7 Å². The van der Waals surface area contributed by atoms with Gasteiger partial charge in [-0.3, -0.25) is 4.79 Å². The quantitative estimate of drug-likeness (QED) is 0.255. The number of hydrogen-bond donors (Lipinski definition) is 0. The number of carbonyl (C=O) groups is 1. The molecule has 5 aliphatic carbocycles. The molecular weight excluding hydrogens is 562 g/mol. The number of anilines is 1. The number of halogens is 2. The van der Waals surface area contributed by atoms with E-state index < -0.39 is 5.92 Å². The normalized spacial score (nSPS) is 27.0. The molecule has 1 amide bonds. The average molecular weight is 607 g/mol. The molecule has 1 aromatic carbocycles. The van der Waals surface area contributed by atoms with Crippen LogP contribution in [-0.2, 0) is 15.6 Å². The number of carbonyl (C=O) groups excluding carboxylic acids is 1. The molecular formula is C35H44F2N4O3. The molecule has 5 saturated carbocycles. The molecule has 0 spiro atoms. The number of amides is 1. The number of aromatic nitrogens is 3. The van der Waals surface area contributed by atoms with E-state index >= 15 is 0 Å². The van der Waals surface area contributed by atoms with Gasteiger partial charge in [0.25, 0.3) is 0 Å². The Morgan fingerprint density at radius 3 is 2.27 bits per heavy atom. The van der Waals surface area contributed by atoms with Crippen molar-refractivity contribution in [2.75, 3.05) is 11.4 Å². The Kier molecular flexibility index (Phi) is 7.24. The fourth-order valence-electron chi connectivity index (χ4n) is 7.72. The Hall–Kier alpha value is -3.10. The lowest BCUT2D eigenvalue weighted by molar-refractivity contribution is -0.121. The van der Waals surface area contributed by atoms with Gasteiger partial charge >= 0.3 is 0 Å². The van der Waals surface area contributed by atoms with Crippen molar-refractivity contribution in [2.45, 2.75) is 127 Å². The lowest BCUT2D eigenvalue weighted by atomic mass is 9.53. The number of fused-ring (bicyclic) bond motifs is 3. The summed E-state index contributed by atoms with van der Waals surface area (Å²) in [6.07, 6.45) is 8.98. The second-order valence-electron chi connectivity index (χ2n) is 15.4. The zero-order valence-corrected chi connectivity index (χ0v) is 26.2. The van der Waals surface area contributed by atoms with Crippen molar-refractivity contribution in [3.8, 4) is 11.3 Å². The van der Waals surface area contributed by atoms with Crippen LogP contribution < -0.4 is 4.90 Å². The van der Waals surface area contributed by atoms with Crippen LogP contribution in [0.5, 0.6) is 0 Å². The van der Waals surface area contributed by atoms with E-state index in [0.29, 0.717) is 43.4 Å². The summed E-state index contributed by atoms with van der Waals surface area (Å²) >= 11 is 0. The summed E-state index contributed by atoms with van der Waals surface area (Å²) in [4.78, 5) is 20.9. The van der Waals surface area contributed by atoms with Crippen molar-refractivity contribution in [3.05, 3.63) is 47.7 Å². The molecule has 5 fully saturated rings. The van der Waals surface area contributed by atoms with Gasteiger partial charge in [0.05, 0.1) is 5.69 Å². The fraction of sp³-hybridized carbons (Fsp3) is 0.657. The topological polar surface area (TPSA) is 85.3 Å². The third kappa shape index (κ3) is 5.83. The molecule has 2 aromatic heterocycles. The van der Waals surface area contributed by atoms with Crippen molar-refractivity contribution in [3.63, 3.8) is 0 Å². The molecule has 0 radical (unpaired) electrons. The molecule has 3 aromatic rings. The first-order valence-electron chi connectivity index (χ1n) is 16.5. The van der Waals surface area contributed by atoms with E-state index in [-0.39, 0.29) is 40.9 Å². The van der Waals surface area contributed by atoms with Gasteiger partial charge in [-0.15, -0.1) is 0 Å². The van der Waals surface area contributed by atoms with Crippen molar-refractivity contribution < 1.29 is 22.6 Å². The molecule has 44 heavy (non-hydrogen) atoms. The van der Waals surface area contributed by atoms with Crippen LogP contribution in [0, 0.1) is 11.3 Å². The van der Waals surface area contributed by atoms with Gasteiger partial charge in [-0.25, -0.2) is 8.78 Å². The first-order chi connectivity index (χ1) is 20.9. The van der Waals surface area contributed by atoms with E-state index in [1.165, 1.54) is 0 Å². The largest absolute Gasteiger partial charge is 0.356 e. The molecule has 0 aliphatic heterocycles. The van der Waals surface area contributed by atoms with Gasteiger partial charge in [-0.1, -0.05) is 43.2 Å². The molecule has 2 bridgehead atoms. The Labute approximate surface area is 258 Å². The predicted octanol–water partition coefficient (Wildman–Crippen LogP) is 8.74. The Morgan fingerprint density at radius 1 is 0.932 bits per heavy atom. The van der Waals surface area contributed by atoms with Crippen LogP contribution in [0.15, 0.2) is 39.4 Å². The summed E-state index contributed by atoms with van der Waals surface area (Å²) in [7, 11) is 0. The van der Waals surface area contributed by atoms with Crippen LogP contribution in [0.25, 0.3) is 11.3 Å². The molecule has 0 unspecified atom stereocenters. The van der Waals surface area contributed by atoms with Crippen LogP contribution in [0.2, 0.25) is 0 Å². The number of alkyl halides is 2. The second-order valence-corrected chi connectivity index (χ2v) is 15.4. The van der Waals surface area contributed by atoms with E-state index in [2.05, 4.69) is 31.1 Å². The van der Waals surface area contributed by atoms with Crippen LogP contribution in [0.3, 0.4) is 0 Å². The fourth-order valence-corrected chi connectivity index (χ4v) is 7.72. The second kappa shape index (κ2) is 10.8. The van der Waals surface area contributed by atoms with Crippen LogP contribution in [0.4, 0.5) is 14.5 Å². The molecule has 7 nitrogen and oxygen atoms in total. The molecule has 2 heterocycles. The average Bonchev–Trinajstić information content (AvgIpc) is 3.49. The van der Waals surface area contributed by atoms with Gasteiger partial charge in [0.1, 0.15) is 0 Å². The minimum atomic E-state index is -2.61. The summed E-state index contributed by atoms with van der Waals surface area (Å²) in [5, 5.41) is 8.73. The molecule has 5 aliphatic rings. The number of rotatable bonds is 8. The van der Waals surface area contributed by atoms with E-state index in [9.17, 15) is 13.6 Å². The van der Waals surface area contributed by atoms with Gasteiger partial charge in [-0.05, 0) is 87.7 Å². The SMILES string of the molecule is CC(C)(C)c1nc(C23CCC(CN(C(=O)CC4CCC(F)(F)CC4)c4cccc(-c5cc(C6CC6)no5)c4)(CC2)CC3)no1. The molecule has 0 saturated heterocycles. The molecule has 236 valence electrons. The van der Waals surface area contributed by atoms with E-state index in [1.54, 1.807) is 0 Å².